The second-order valence-electron chi connectivity index (χ2n) is 8.81. The Hall–Kier alpha value is -4.10. The second-order valence-corrected chi connectivity index (χ2v) is 9.17. The number of aromatic nitrogens is 3. The first-order valence-electron chi connectivity index (χ1n) is 11.5. The van der Waals surface area contributed by atoms with Gasteiger partial charge in [-0.2, -0.15) is 0 Å². The Balaban J connectivity index is 1.71. The molecule has 3 aromatic heterocycles. The number of aliphatic hydroxyl groups excluding tert-OH is 1. The first-order chi connectivity index (χ1) is 17.4. The quantitative estimate of drug-likeness (QED) is 0.226. The molecule has 36 heavy (non-hydrogen) atoms. The number of fused-ring (bicyclic) bond motifs is 4. The molecule has 0 bridgehead atoms. The van der Waals surface area contributed by atoms with Gasteiger partial charge in [-0.15, -0.1) is 0 Å². The highest BCUT2D eigenvalue weighted by molar-refractivity contribution is 6.30. The summed E-state index contributed by atoms with van der Waals surface area (Å²) in [6.45, 7) is 4.37. The maximum Gasteiger partial charge on any atom is 0.255 e. The van der Waals surface area contributed by atoms with Gasteiger partial charge in [-0.05, 0) is 43.2 Å². The first kappa shape index (κ1) is 22.4. The molecule has 0 radical (unpaired) electrons. The summed E-state index contributed by atoms with van der Waals surface area (Å²) < 4.78 is 23.1. The molecular formula is C28H21ClFN3O3. The standard InChI is InChI=1S/C28H21ClFN3O3/c1-15(34)25-23(19-7-4-10-31-28(19)35)24-22(13-20(30)18-8-5-11-36-26(18)24)33(25)14-17-12-16-6-2-3-9-21(16)32-27(17)29/h2-4,6-7,9-10,12-13,34H,1,5,8,11,14H2,(H,31,35). The van der Waals surface area contributed by atoms with Crippen molar-refractivity contribution >= 4 is 39.2 Å². The average Bonchev–Trinajstić information content (AvgIpc) is 3.19. The molecular weight excluding hydrogens is 481 g/mol. The van der Waals surface area contributed by atoms with Crippen LogP contribution in [0, 0.1) is 5.82 Å². The monoisotopic (exact) mass is 501 g/mol. The molecule has 0 spiro atoms. The minimum absolute atomic E-state index is 0.158. The summed E-state index contributed by atoms with van der Waals surface area (Å²) in [6, 6.07) is 14.3. The predicted molar refractivity (Wildman–Crippen MR) is 139 cm³/mol. The number of aromatic amines is 1. The van der Waals surface area contributed by atoms with Gasteiger partial charge in [-0.1, -0.05) is 36.4 Å². The van der Waals surface area contributed by atoms with E-state index in [0.717, 1.165) is 10.9 Å². The van der Waals surface area contributed by atoms with Crippen LogP contribution in [0.25, 0.3) is 38.7 Å². The third kappa shape index (κ3) is 3.46. The number of para-hydroxylation sites is 1. The molecule has 0 aliphatic carbocycles. The Labute approximate surface area is 210 Å². The highest BCUT2D eigenvalue weighted by atomic mass is 35.5. The van der Waals surface area contributed by atoms with Crippen LogP contribution in [0.5, 0.6) is 5.75 Å². The Morgan fingerprint density at radius 1 is 1.25 bits per heavy atom. The third-order valence-electron chi connectivity index (χ3n) is 6.61. The summed E-state index contributed by atoms with van der Waals surface area (Å²) in [5.41, 5.74) is 3.02. The van der Waals surface area contributed by atoms with E-state index in [9.17, 15) is 9.90 Å². The van der Waals surface area contributed by atoms with Crippen molar-refractivity contribution in [1.82, 2.24) is 14.5 Å². The lowest BCUT2D eigenvalue weighted by Gasteiger charge is -2.20. The number of halogens is 2. The van der Waals surface area contributed by atoms with Crippen molar-refractivity contribution in [3.63, 3.8) is 0 Å². The molecule has 0 saturated heterocycles. The molecule has 180 valence electrons. The third-order valence-corrected chi connectivity index (χ3v) is 6.94. The topological polar surface area (TPSA) is 80.1 Å². The number of nitrogens with zero attached hydrogens (tertiary/aromatic N) is 2. The molecule has 2 aromatic carbocycles. The van der Waals surface area contributed by atoms with Crippen molar-refractivity contribution in [2.24, 2.45) is 0 Å². The molecule has 6 nitrogen and oxygen atoms in total. The van der Waals surface area contributed by atoms with Gasteiger partial charge in [0.2, 0.25) is 0 Å². The maximum atomic E-state index is 15.3. The lowest BCUT2D eigenvalue weighted by molar-refractivity contribution is 0.288. The van der Waals surface area contributed by atoms with Crippen LogP contribution in [0.3, 0.4) is 0 Å². The first-order valence-corrected chi connectivity index (χ1v) is 11.9. The number of pyridine rings is 2. The van der Waals surface area contributed by atoms with E-state index in [2.05, 4.69) is 16.5 Å². The van der Waals surface area contributed by atoms with Gasteiger partial charge >= 0.3 is 0 Å². The van der Waals surface area contributed by atoms with Crippen LogP contribution in [-0.2, 0) is 13.0 Å². The number of aliphatic hydroxyl groups is 1. The number of rotatable bonds is 4. The fourth-order valence-electron chi connectivity index (χ4n) is 5.06. The molecule has 0 amide bonds. The summed E-state index contributed by atoms with van der Waals surface area (Å²) in [5, 5.41) is 12.6. The normalized spacial score (nSPS) is 13.1. The van der Waals surface area contributed by atoms with Gasteiger partial charge in [0.1, 0.15) is 22.5 Å². The molecule has 0 saturated carbocycles. The Bertz CT molecular complexity index is 1760. The van der Waals surface area contributed by atoms with Gasteiger partial charge in [0.15, 0.2) is 0 Å². The lowest BCUT2D eigenvalue weighted by atomic mass is 9.97. The van der Waals surface area contributed by atoms with E-state index < -0.39 is 5.82 Å². The number of nitrogens with one attached hydrogen (secondary N) is 1. The molecule has 0 unspecified atom stereocenters. The summed E-state index contributed by atoms with van der Waals surface area (Å²) in [5.74, 6) is -0.278. The zero-order chi connectivity index (χ0) is 25.0. The van der Waals surface area contributed by atoms with Crippen LogP contribution >= 0.6 is 11.6 Å². The molecule has 1 aliphatic heterocycles. The molecule has 0 atom stereocenters. The van der Waals surface area contributed by atoms with E-state index in [-0.39, 0.29) is 23.6 Å². The molecule has 1 aliphatic rings. The number of ether oxygens (including phenoxy) is 1. The van der Waals surface area contributed by atoms with E-state index in [4.69, 9.17) is 16.3 Å². The minimum Gasteiger partial charge on any atom is -0.506 e. The predicted octanol–water partition coefficient (Wildman–Crippen LogP) is 6.24. The summed E-state index contributed by atoms with van der Waals surface area (Å²) in [7, 11) is 0. The van der Waals surface area contributed by atoms with Crippen molar-refractivity contribution in [3.05, 3.63) is 99.5 Å². The highest BCUT2D eigenvalue weighted by Gasteiger charge is 2.30. The number of hydrogen-bond acceptors (Lipinski definition) is 4. The highest BCUT2D eigenvalue weighted by Crippen LogP contribution is 2.45. The Kier molecular flexibility index (Phi) is 5.30. The van der Waals surface area contributed by atoms with Crippen LogP contribution in [0.2, 0.25) is 5.15 Å². The van der Waals surface area contributed by atoms with Gasteiger partial charge in [0.05, 0.1) is 35.3 Å². The van der Waals surface area contributed by atoms with E-state index in [1.807, 2.05) is 30.3 Å². The van der Waals surface area contributed by atoms with E-state index >= 15 is 4.39 Å². The van der Waals surface area contributed by atoms with Gasteiger partial charge in [-0.25, -0.2) is 9.37 Å². The zero-order valence-electron chi connectivity index (χ0n) is 19.1. The van der Waals surface area contributed by atoms with Gasteiger partial charge in [-0.3, -0.25) is 4.79 Å². The number of H-pyrrole nitrogens is 1. The van der Waals surface area contributed by atoms with Crippen LogP contribution in [0.15, 0.2) is 66.1 Å². The molecule has 6 rings (SSSR count). The van der Waals surface area contributed by atoms with Crippen molar-refractivity contribution in [3.8, 4) is 16.9 Å². The Morgan fingerprint density at radius 3 is 2.89 bits per heavy atom. The summed E-state index contributed by atoms with van der Waals surface area (Å²) in [6.07, 6.45) is 2.74. The van der Waals surface area contributed by atoms with Crippen molar-refractivity contribution in [1.29, 1.82) is 0 Å². The van der Waals surface area contributed by atoms with Crippen LogP contribution in [0.1, 0.15) is 23.2 Å². The summed E-state index contributed by atoms with van der Waals surface area (Å²) in [4.78, 5) is 20.1. The van der Waals surface area contributed by atoms with Crippen LogP contribution in [-0.4, -0.2) is 26.2 Å². The number of benzene rings is 2. The largest absolute Gasteiger partial charge is 0.506 e. The lowest BCUT2D eigenvalue weighted by Crippen LogP contribution is -2.11. The molecule has 2 N–H and O–H groups in total. The van der Waals surface area contributed by atoms with Crippen LogP contribution in [0.4, 0.5) is 4.39 Å². The summed E-state index contributed by atoms with van der Waals surface area (Å²) >= 11 is 6.57. The number of hydrogen-bond donors (Lipinski definition) is 2. The van der Waals surface area contributed by atoms with Gasteiger partial charge in [0, 0.05) is 33.8 Å². The van der Waals surface area contributed by atoms with Gasteiger partial charge in [0.25, 0.3) is 5.56 Å². The molecule has 8 heteroatoms. The van der Waals surface area contributed by atoms with Crippen molar-refractivity contribution in [2.45, 2.75) is 19.4 Å². The smallest absolute Gasteiger partial charge is 0.255 e. The van der Waals surface area contributed by atoms with Gasteiger partial charge < -0.3 is 19.4 Å². The van der Waals surface area contributed by atoms with E-state index in [1.54, 1.807) is 16.7 Å². The van der Waals surface area contributed by atoms with Crippen molar-refractivity contribution in [2.75, 3.05) is 6.61 Å². The van der Waals surface area contributed by atoms with E-state index in [0.29, 0.717) is 63.5 Å². The average molecular weight is 502 g/mol. The fraction of sp³-hybridized carbons (Fsp3) is 0.143. The SMILES string of the molecule is C=C(O)c1c(-c2ccc[nH]c2=O)c2c3c(c(F)cc2n1Cc1cc2ccccc2nc1Cl)CCCO3. The van der Waals surface area contributed by atoms with Crippen LogP contribution < -0.4 is 10.3 Å². The second kappa shape index (κ2) is 8.53. The maximum absolute atomic E-state index is 15.3. The molecule has 4 heterocycles. The Morgan fingerprint density at radius 2 is 2.08 bits per heavy atom. The van der Waals surface area contributed by atoms with E-state index in [1.165, 1.54) is 12.3 Å². The zero-order valence-corrected chi connectivity index (χ0v) is 19.9. The fourth-order valence-corrected chi connectivity index (χ4v) is 5.27. The van der Waals surface area contributed by atoms with Crippen molar-refractivity contribution < 1.29 is 14.2 Å². The minimum atomic E-state index is -0.401. The molecule has 5 aromatic rings. The molecule has 0 fully saturated rings.